The standard InChI is InChI=1S/C18H19N3O3S.C18H28N2O4/c1-21(16-4-2-3-9-19-16)10-11-24-14-7-5-13(6-8-14)12-15-17(22)20-18(23)25-15;1-5-6-18(23)20-14-7-8-17(16(9-14)13(4)21)24-11-15(22)10-19-12(2)3/h2-9,15H,10-12H2,1H3,(H,20,22,23);7-9,12,15,19,22H,5-6,10-11H2,1-4H3,(H,20,23). The molecule has 4 N–H and O–H groups in total. The number of aromatic nitrogens is 1. The van der Waals surface area contributed by atoms with E-state index in [1.54, 1.807) is 24.4 Å². The lowest BCUT2D eigenvalue weighted by Crippen LogP contribution is -2.35. The molecule has 0 bridgehead atoms. The van der Waals surface area contributed by atoms with Crippen LogP contribution in [0.4, 0.5) is 16.3 Å². The summed E-state index contributed by atoms with van der Waals surface area (Å²) in [5, 5.41) is 17.5. The van der Waals surface area contributed by atoms with Gasteiger partial charge >= 0.3 is 0 Å². The number of carbonyl (C=O) groups is 4. The maximum Gasteiger partial charge on any atom is 0.286 e. The van der Waals surface area contributed by atoms with Gasteiger partial charge in [0.05, 0.1) is 17.4 Å². The van der Waals surface area contributed by atoms with E-state index < -0.39 is 6.10 Å². The zero-order chi connectivity index (χ0) is 35.8. The van der Waals surface area contributed by atoms with Crippen LogP contribution in [0.25, 0.3) is 0 Å². The molecule has 2 heterocycles. The number of anilines is 2. The van der Waals surface area contributed by atoms with Gasteiger partial charge in [-0.2, -0.15) is 0 Å². The number of benzene rings is 2. The minimum absolute atomic E-state index is 0.0849. The molecule has 2 unspecified atom stereocenters. The Hall–Kier alpha value is -4.46. The van der Waals surface area contributed by atoms with E-state index in [9.17, 15) is 24.3 Å². The van der Waals surface area contributed by atoms with Gasteiger partial charge in [0, 0.05) is 37.9 Å². The number of nitrogens with zero attached hydrogens (tertiary/aromatic N) is 2. The molecule has 49 heavy (non-hydrogen) atoms. The molecule has 0 spiro atoms. The van der Waals surface area contributed by atoms with Crippen LogP contribution in [-0.4, -0.2) is 83.7 Å². The van der Waals surface area contributed by atoms with Crippen molar-refractivity contribution >= 4 is 46.1 Å². The highest BCUT2D eigenvalue weighted by atomic mass is 32.2. The number of aliphatic hydroxyl groups is 1. The van der Waals surface area contributed by atoms with Crippen LogP contribution in [0, 0.1) is 0 Å². The van der Waals surface area contributed by atoms with Crippen molar-refractivity contribution in [3.8, 4) is 11.5 Å². The van der Waals surface area contributed by atoms with Crippen molar-refractivity contribution in [2.24, 2.45) is 0 Å². The summed E-state index contributed by atoms with van der Waals surface area (Å²) in [4.78, 5) is 52.6. The molecule has 264 valence electrons. The highest BCUT2D eigenvalue weighted by molar-refractivity contribution is 8.15. The zero-order valence-corrected chi connectivity index (χ0v) is 29.5. The van der Waals surface area contributed by atoms with Gasteiger partial charge in [-0.1, -0.05) is 50.7 Å². The van der Waals surface area contributed by atoms with Crippen LogP contribution in [-0.2, 0) is 16.0 Å². The van der Waals surface area contributed by atoms with Crippen molar-refractivity contribution in [3.05, 3.63) is 78.0 Å². The van der Waals surface area contributed by atoms with E-state index in [4.69, 9.17) is 9.47 Å². The van der Waals surface area contributed by atoms with Crippen molar-refractivity contribution in [3.63, 3.8) is 0 Å². The van der Waals surface area contributed by atoms with Crippen LogP contribution < -0.4 is 30.3 Å². The van der Waals surface area contributed by atoms with E-state index in [-0.39, 0.29) is 40.7 Å². The molecule has 0 aliphatic carbocycles. The van der Waals surface area contributed by atoms with Gasteiger partial charge in [0.15, 0.2) is 5.78 Å². The fourth-order valence-corrected chi connectivity index (χ4v) is 5.39. The Labute approximate surface area is 292 Å². The molecule has 0 radical (unpaired) electrons. The molecule has 2 aromatic carbocycles. The average Bonchev–Trinajstić information content (AvgIpc) is 3.40. The number of likely N-dealkylation sites (N-methyl/N-ethyl adjacent to an activating group) is 1. The minimum atomic E-state index is -0.670. The molecule has 3 aromatic rings. The van der Waals surface area contributed by atoms with E-state index in [0.717, 1.165) is 41.9 Å². The minimum Gasteiger partial charge on any atom is -0.492 e. The number of ether oxygens (including phenoxy) is 2. The van der Waals surface area contributed by atoms with Gasteiger partial charge in [-0.3, -0.25) is 24.5 Å². The Morgan fingerprint density at radius 2 is 1.84 bits per heavy atom. The number of hydrogen-bond donors (Lipinski definition) is 4. The van der Waals surface area contributed by atoms with Crippen molar-refractivity contribution in [1.29, 1.82) is 0 Å². The largest absolute Gasteiger partial charge is 0.492 e. The summed E-state index contributed by atoms with van der Waals surface area (Å²) >= 11 is 1.05. The Morgan fingerprint density at radius 1 is 1.08 bits per heavy atom. The lowest BCUT2D eigenvalue weighted by atomic mass is 10.1. The smallest absolute Gasteiger partial charge is 0.286 e. The molecule has 1 saturated heterocycles. The van der Waals surface area contributed by atoms with Gasteiger partial charge in [-0.15, -0.1) is 0 Å². The summed E-state index contributed by atoms with van der Waals surface area (Å²) in [5.74, 6) is 1.62. The number of imide groups is 1. The highest BCUT2D eigenvalue weighted by Crippen LogP contribution is 2.25. The number of amides is 3. The zero-order valence-electron chi connectivity index (χ0n) is 28.7. The van der Waals surface area contributed by atoms with Gasteiger partial charge in [0.1, 0.15) is 36.6 Å². The number of carbonyl (C=O) groups excluding carboxylic acids is 4. The van der Waals surface area contributed by atoms with Gasteiger partial charge in [-0.25, -0.2) is 4.98 Å². The molecule has 4 rings (SSSR count). The maximum atomic E-state index is 11.8. The monoisotopic (exact) mass is 693 g/mol. The number of thioether (sulfide) groups is 1. The van der Waals surface area contributed by atoms with E-state index in [2.05, 4.69) is 20.9 Å². The van der Waals surface area contributed by atoms with Gasteiger partial charge in [-0.05, 0) is 67.8 Å². The van der Waals surface area contributed by atoms with Crippen LogP contribution in [0.3, 0.4) is 0 Å². The molecular formula is C36H47N5O7S. The van der Waals surface area contributed by atoms with Crippen molar-refractivity contribution in [2.75, 3.05) is 43.6 Å². The van der Waals surface area contributed by atoms with Crippen LogP contribution in [0.1, 0.15) is 56.5 Å². The van der Waals surface area contributed by atoms with Crippen LogP contribution in [0.5, 0.6) is 11.5 Å². The molecular weight excluding hydrogens is 646 g/mol. The lowest BCUT2D eigenvalue weighted by molar-refractivity contribution is -0.119. The third-order valence-corrected chi connectivity index (χ3v) is 8.14. The molecule has 13 heteroatoms. The Kier molecular flexibility index (Phi) is 16.0. The number of nitrogens with one attached hydrogen (secondary N) is 3. The highest BCUT2D eigenvalue weighted by Gasteiger charge is 2.31. The lowest BCUT2D eigenvalue weighted by Gasteiger charge is -2.18. The Bertz CT molecular complexity index is 1520. The molecule has 1 fully saturated rings. The molecule has 2 atom stereocenters. The summed E-state index contributed by atoms with van der Waals surface area (Å²) in [6, 6.07) is 18.6. The molecule has 1 aromatic heterocycles. The van der Waals surface area contributed by atoms with Crippen molar-refractivity contribution in [2.45, 2.75) is 64.4 Å². The van der Waals surface area contributed by atoms with E-state index in [0.29, 0.717) is 43.0 Å². The summed E-state index contributed by atoms with van der Waals surface area (Å²) in [6.45, 7) is 9.12. The molecule has 1 aliphatic heterocycles. The molecule has 0 saturated carbocycles. The van der Waals surface area contributed by atoms with E-state index >= 15 is 0 Å². The summed E-state index contributed by atoms with van der Waals surface area (Å²) in [7, 11) is 1.97. The van der Waals surface area contributed by atoms with Gasteiger partial charge < -0.3 is 30.1 Å². The quantitative estimate of drug-likeness (QED) is 0.143. The summed E-state index contributed by atoms with van der Waals surface area (Å²) in [5.41, 5.74) is 1.95. The number of rotatable bonds is 17. The van der Waals surface area contributed by atoms with Crippen LogP contribution in [0.15, 0.2) is 66.9 Å². The Balaban J connectivity index is 0.000000266. The number of pyridine rings is 1. The predicted octanol–water partition coefficient (Wildman–Crippen LogP) is 4.86. The number of ketones is 1. The average molecular weight is 694 g/mol. The number of aliphatic hydroxyl groups excluding tert-OH is 1. The fourth-order valence-electron chi connectivity index (χ4n) is 4.53. The maximum absolute atomic E-state index is 11.8. The first kappa shape index (κ1) is 39.0. The molecule has 3 amide bonds. The van der Waals surface area contributed by atoms with Crippen LogP contribution >= 0.6 is 11.8 Å². The third kappa shape index (κ3) is 13.9. The third-order valence-electron chi connectivity index (χ3n) is 7.16. The van der Waals surface area contributed by atoms with Crippen LogP contribution in [0.2, 0.25) is 0 Å². The van der Waals surface area contributed by atoms with Gasteiger partial charge in [0.25, 0.3) is 5.24 Å². The van der Waals surface area contributed by atoms with Crippen molar-refractivity contribution in [1.82, 2.24) is 15.6 Å². The summed E-state index contributed by atoms with van der Waals surface area (Å²) in [6.07, 6.45) is 2.82. The topological polar surface area (TPSA) is 159 Å². The first-order valence-electron chi connectivity index (χ1n) is 16.3. The van der Waals surface area contributed by atoms with E-state index in [1.165, 1.54) is 6.92 Å². The molecule has 1 aliphatic rings. The normalized spacial score (nSPS) is 14.4. The van der Waals surface area contributed by atoms with E-state index in [1.807, 2.05) is 75.2 Å². The number of Topliss-reactive ketones (excluding diaryl/α,β-unsaturated/α-hetero) is 1. The summed E-state index contributed by atoms with van der Waals surface area (Å²) < 4.78 is 11.3. The molecule has 12 nitrogen and oxygen atoms in total. The first-order valence-corrected chi connectivity index (χ1v) is 17.2. The van der Waals surface area contributed by atoms with Gasteiger partial charge in [0.2, 0.25) is 11.8 Å². The number of hydrogen-bond acceptors (Lipinski definition) is 11. The Morgan fingerprint density at radius 3 is 2.45 bits per heavy atom. The van der Waals surface area contributed by atoms with Crippen molar-refractivity contribution < 1.29 is 33.8 Å². The fraction of sp³-hybridized carbons (Fsp3) is 0.417. The SMILES string of the molecule is CCCC(=O)Nc1ccc(OCC(O)CNC(C)C)c(C(C)=O)c1.CN(CCOc1ccc(CC2SC(=O)NC2=O)cc1)c1ccccn1. The second kappa shape index (κ2) is 20.1. The predicted molar refractivity (Wildman–Crippen MR) is 193 cm³/mol. The first-order chi connectivity index (χ1) is 23.4. The second-order valence-corrected chi connectivity index (χ2v) is 13.0. The second-order valence-electron chi connectivity index (χ2n) is 11.8.